The van der Waals surface area contributed by atoms with Gasteiger partial charge >= 0.3 is 0 Å². The number of benzene rings is 1. The number of alkyl halides is 2. The fourth-order valence-electron chi connectivity index (χ4n) is 1.12. The molecule has 0 bridgehead atoms. The molecule has 70 valence electrons. The van der Waals surface area contributed by atoms with E-state index in [-0.39, 0.29) is 5.56 Å². The summed E-state index contributed by atoms with van der Waals surface area (Å²) >= 11 is 0. The maximum absolute atomic E-state index is 13.1. The van der Waals surface area contributed by atoms with Crippen molar-refractivity contribution >= 4 is 5.69 Å². The zero-order valence-corrected chi connectivity index (χ0v) is 7.35. The summed E-state index contributed by atoms with van der Waals surface area (Å²) in [4.78, 5) is 0. The highest BCUT2D eigenvalue weighted by atomic mass is 19.3. The summed E-state index contributed by atoms with van der Waals surface area (Å²) in [7, 11) is 0. The van der Waals surface area contributed by atoms with Crippen molar-refractivity contribution in [2.75, 3.05) is 5.73 Å². The van der Waals surface area contributed by atoms with Gasteiger partial charge in [-0.15, -0.1) is 0 Å². The monoisotopic (exact) mass is 183 g/mol. The average molecular weight is 183 g/mol. The minimum absolute atomic E-state index is 0.111. The second-order valence-corrected chi connectivity index (χ2v) is 2.96. The van der Waals surface area contributed by atoms with Crippen molar-refractivity contribution < 1.29 is 8.78 Å². The SMILES string of the molecule is C=CC(F)(F)c1cc(C)cc(N)c1. The number of aryl methyl sites for hydroxylation is 1. The Labute approximate surface area is 75.9 Å². The quantitative estimate of drug-likeness (QED) is 0.553. The van der Waals surface area contributed by atoms with Gasteiger partial charge in [0.1, 0.15) is 0 Å². The number of allylic oxidation sites excluding steroid dienone is 1. The minimum Gasteiger partial charge on any atom is -0.399 e. The predicted octanol–water partition coefficient (Wildman–Crippen LogP) is 2.86. The van der Waals surface area contributed by atoms with Gasteiger partial charge < -0.3 is 5.73 Å². The summed E-state index contributed by atoms with van der Waals surface area (Å²) < 4.78 is 26.1. The molecular formula is C10H11F2N. The third-order valence-electron chi connectivity index (χ3n) is 1.74. The first-order valence-corrected chi connectivity index (χ1v) is 3.85. The van der Waals surface area contributed by atoms with E-state index < -0.39 is 5.92 Å². The number of nitrogen functional groups attached to an aromatic ring is 1. The number of nitrogens with two attached hydrogens (primary N) is 1. The highest BCUT2D eigenvalue weighted by molar-refractivity contribution is 5.46. The maximum Gasteiger partial charge on any atom is 0.291 e. The minimum atomic E-state index is -3.00. The molecule has 0 amide bonds. The molecule has 0 fully saturated rings. The molecule has 0 aliphatic rings. The van der Waals surface area contributed by atoms with Crippen molar-refractivity contribution in [2.24, 2.45) is 0 Å². The van der Waals surface area contributed by atoms with E-state index in [2.05, 4.69) is 6.58 Å². The first-order valence-electron chi connectivity index (χ1n) is 3.85. The van der Waals surface area contributed by atoms with Crippen LogP contribution in [0.15, 0.2) is 30.9 Å². The van der Waals surface area contributed by atoms with Gasteiger partial charge in [0.25, 0.3) is 5.92 Å². The maximum atomic E-state index is 13.1. The zero-order valence-electron chi connectivity index (χ0n) is 7.35. The molecule has 0 saturated carbocycles. The molecule has 0 saturated heterocycles. The Morgan fingerprint density at radius 1 is 1.38 bits per heavy atom. The number of hydrogen-bond acceptors (Lipinski definition) is 1. The van der Waals surface area contributed by atoms with Gasteiger partial charge in [0.2, 0.25) is 0 Å². The van der Waals surface area contributed by atoms with Crippen LogP contribution >= 0.6 is 0 Å². The Bertz CT molecular complexity index is 311. The summed E-state index contributed by atoms with van der Waals surface area (Å²) in [5, 5.41) is 0. The summed E-state index contributed by atoms with van der Waals surface area (Å²) in [6.07, 6.45) is 0.612. The molecule has 13 heavy (non-hydrogen) atoms. The Kier molecular flexibility index (Phi) is 2.36. The number of hydrogen-bond donors (Lipinski definition) is 1. The first kappa shape index (κ1) is 9.71. The van der Waals surface area contributed by atoms with Crippen LogP contribution in [0, 0.1) is 6.92 Å². The van der Waals surface area contributed by atoms with Crippen LogP contribution in [-0.4, -0.2) is 0 Å². The first-order chi connectivity index (χ1) is 5.95. The largest absolute Gasteiger partial charge is 0.399 e. The van der Waals surface area contributed by atoms with Gasteiger partial charge in [0.15, 0.2) is 0 Å². The van der Waals surface area contributed by atoms with E-state index in [9.17, 15) is 8.78 Å². The van der Waals surface area contributed by atoms with Gasteiger partial charge in [0, 0.05) is 11.3 Å². The van der Waals surface area contributed by atoms with Crippen molar-refractivity contribution in [2.45, 2.75) is 12.8 Å². The lowest BCUT2D eigenvalue weighted by molar-refractivity contribution is 0.0525. The van der Waals surface area contributed by atoms with E-state index in [4.69, 9.17) is 5.73 Å². The highest BCUT2D eigenvalue weighted by Crippen LogP contribution is 2.30. The molecule has 0 aliphatic heterocycles. The average Bonchev–Trinajstić information content (AvgIpc) is 2.02. The Morgan fingerprint density at radius 3 is 2.46 bits per heavy atom. The topological polar surface area (TPSA) is 26.0 Å². The Hall–Kier alpha value is -1.38. The van der Waals surface area contributed by atoms with Crippen LogP contribution < -0.4 is 5.73 Å². The molecule has 0 atom stereocenters. The van der Waals surface area contributed by atoms with Crippen LogP contribution in [0.25, 0.3) is 0 Å². The van der Waals surface area contributed by atoms with Crippen LogP contribution in [-0.2, 0) is 5.92 Å². The summed E-state index contributed by atoms with van der Waals surface area (Å²) in [6.45, 7) is 4.80. The molecule has 2 N–H and O–H groups in total. The fourth-order valence-corrected chi connectivity index (χ4v) is 1.12. The van der Waals surface area contributed by atoms with Gasteiger partial charge in [-0.2, -0.15) is 8.78 Å². The lowest BCUT2D eigenvalue weighted by atomic mass is 10.0. The van der Waals surface area contributed by atoms with Crippen LogP contribution in [0.4, 0.5) is 14.5 Å². The van der Waals surface area contributed by atoms with Crippen molar-refractivity contribution in [1.82, 2.24) is 0 Å². The van der Waals surface area contributed by atoms with Gasteiger partial charge in [-0.1, -0.05) is 6.58 Å². The number of anilines is 1. The van der Waals surface area contributed by atoms with E-state index in [0.29, 0.717) is 11.8 Å². The van der Waals surface area contributed by atoms with Crippen LogP contribution in [0.1, 0.15) is 11.1 Å². The Morgan fingerprint density at radius 2 is 2.00 bits per heavy atom. The normalized spacial score (nSPS) is 11.3. The van der Waals surface area contributed by atoms with Crippen molar-refractivity contribution in [1.29, 1.82) is 0 Å². The third-order valence-corrected chi connectivity index (χ3v) is 1.74. The van der Waals surface area contributed by atoms with E-state index in [1.165, 1.54) is 12.1 Å². The van der Waals surface area contributed by atoms with Crippen LogP contribution in [0.3, 0.4) is 0 Å². The Balaban J connectivity index is 3.22. The molecular weight excluding hydrogens is 172 g/mol. The summed E-state index contributed by atoms with van der Waals surface area (Å²) in [5.74, 6) is -3.00. The van der Waals surface area contributed by atoms with Gasteiger partial charge in [-0.05, 0) is 36.8 Å². The molecule has 1 aromatic carbocycles. The highest BCUT2D eigenvalue weighted by Gasteiger charge is 2.27. The lowest BCUT2D eigenvalue weighted by Gasteiger charge is -2.12. The van der Waals surface area contributed by atoms with Gasteiger partial charge in [-0.25, -0.2) is 0 Å². The third kappa shape index (κ3) is 2.05. The molecule has 3 heteroatoms. The second-order valence-electron chi connectivity index (χ2n) is 2.96. The molecule has 0 aliphatic carbocycles. The molecule has 1 nitrogen and oxygen atoms in total. The zero-order chi connectivity index (χ0) is 10.1. The van der Waals surface area contributed by atoms with Crippen LogP contribution in [0.2, 0.25) is 0 Å². The standard InChI is InChI=1S/C10H11F2N/c1-3-10(11,12)8-4-7(2)5-9(13)6-8/h3-6H,1,13H2,2H3. The smallest absolute Gasteiger partial charge is 0.291 e. The number of rotatable bonds is 2. The lowest BCUT2D eigenvalue weighted by Crippen LogP contribution is -2.09. The molecule has 1 aromatic rings. The van der Waals surface area contributed by atoms with Gasteiger partial charge in [-0.3, -0.25) is 0 Å². The van der Waals surface area contributed by atoms with Gasteiger partial charge in [0.05, 0.1) is 0 Å². The van der Waals surface area contributed by atoms with Crippen molar-refractivity contribution in [3.05, 3.63) is 42.0 Å². The molecule has 0 spiro atoms. The van der Waals surface area contributed by atoms with Crippen LogP contribution in [0.5, 0.6) is 0 Å². The number of halogens is 2. The summed E-state index contributed by atoms with van der Waals surface area (Å²) in [6, 6.07) is 4.30. The van der Waals surface area contributed by atoms with Crippen molar-refractivity contribution in [3.63, 3.8) is 0 Å². The second kappa shape index (κ2) is 3.17. The van der Waals surface area contributed by atoms with E-state index >= 15 is 0 Å². The molecule has 1 rings (SSSR count). The molecule has 0 heterocycles. The fraction of sp³-hybridized carbons (Fsp3) is 0.200. The van der Waals surface area contributed by atoms with E-state index in [0.717, 1.165) is 5.56 Å². The predicted molar refractivity (Wildman–Crippen MR) is 49.7 cm³/mol. The van der Waals surface area contributed by atoms with E-state index in [1.54, 1.807) is 13.0 Å². The van der Waals surface area contributed by atoms with Crippen molar-refractivity contribution in [3.8, 4) is 0 Å². The molecule has 0 aromatic heterocycles. The molecule has 0 unspecified atom stereocenters. The summed E-state index contributed by atoms with van der Waals surface area (Å²) in [5.41, 5.74) is 6.40. The van der Waals surface area contributed by atoms with E-state index in [1.807, 2.05) is 0 Å². The molecule has 0 radical (unpaired) electrons.